The molecule has 9 heteroatoms. The second-order valence-corrected chi connectivity index (χ2v) is 9.43. The van der Waals surface area contributed by atoms with Crippen LogP contribution >= 0.6 is 11.6 Å². The molecular weight excluding hydrogens is 424 g/mol. The summed E-state index contributed by atoms with van der Waals surface area (Å²) < 4.78 is 35.4. The van der Waals surface area contributed by atoms with E-state index in [1.807, 2.05) is 18.2 Å². The fourth-order valence-corrected chi connectivity index (χ4v) is 4.98. The van der Waals surface area contributed by atoms with Gasteiger partial charge < -0.3 is 9.30 Å². The van der Waals surface area contributed by atoms with Gasteiger partial charge in [0.05, 0.1) is 29.1 Å². The van der Waals surface area contributed by atoms with Crippen LogP contribution in [-0.2, 0) is 27.7 Å². The van der Waals surface area contributed by atoms with E-state index in [9.17, 15) is 8.42 Å². The largest absolute Gasteiger partial charge is 0.379 e. The molecule has 1 saturated heterocycles. The van der Waals surface area contributed by atoms with Crippen LogP contribution in [0, 0.1) is 0 Å². The first kappa shape index (κ1) is 21.3. The molecule has 1 aromatic heterocycles. The summed E-state index contributed by atoms with van der Waals surface area (Å²) in [6, 6.07) is 14.3. The summed E-state index contributed by atoms with van der Waals surface area (Å²) in [5.74, 6) is 0.873. The SMILES string of the molecule is O=S(=O)(NCCc1nc2ccccc2n1CCN1CCOCC1)c1cccc(Cl)c1. The number of nitrogens with zero attached hydrogens (tertiary/aromatic N) is 3. The number of benzene rings is 2. The van der Waals surface area contributed by atoms with Crippen LogP contribution in [0.3, 0.4) is 0 Å². The van der Waals surface area contributed by atoms with Crippen molar-refractivity contribution in [2.75, 3.05) is 39.4 Å². The number of ether oxygens (including phenoxy) is 1. The monoisotopic (exact) mass is 448 g/mol. The predicted molar refractivity (Wildman–Crippen MR) is 117 cm³/mol. The van der Waals surface area contributed by atoms with Crippen LogP contribution in [0.2, 0.25) is 5.02 Å². The second-order valence-electron chi connectivity index (χ2n) is 7.23. The Morgan fingerprint density at radius 3 is 2.67 bits per heavy atom. The molecule has 7 nitrogen and oxygen atoms in total. The fraction of sp³-hybridized carbons (Fsp3) is 0.381. The van der Waals surface area contributed by atoms with Crippen LogP contribution in [0.4, 0.5) is 0 Å². The smallest absolute Gasteiger partial charge is 0.240 e. The minimum Gasteiger partial charge on any atom is -0.379 e. The number of hydrogen-bond donors (Lipinski definition) is 1. The molecule has 0 spiro atoms. The summed E-state index contributed by atoms with van der Waals surface area (Å²) in [5, 5.41) is 0.391. The van der Waals surface area contributed by atoms with E-state index >= 15 is 0 Å². The Morgan fingerprint density at radius 1 is 1.07 bits per heavy atom. The zero-order chi connectivity index (χ0) is 21.0. The third kappa shape index (κ3) is 5.01. The van der Waals surface area contributed by atoms with Gasteiger partial charge in [-0.25, -0.2) is 18.1 Å². The summed E-state index contributed by atoms with van der Waals surface area (Å²) in [5.41, 5.74) is 1.99. The average molecular weight is 449 g/mol. The number of rotatable bonds is 8. The highest BCUT2D eigenvalue weighted by molar-refractivity contribution is 7.89. The topological polar surface area (TPSA) is 76.5 Å². The van der Waals surface area contributed by atoms with Gasteiger partial charge in [-0.1, -0.05) is 29.8 Å². The molecule has 4 rings (SSSR count). The third-order valence-electron chi connectivity index (χ3n) is 5.22. The molecule has 160 valence electrons. The molecule has 0 radical (unpaired) electrons. The number of morpholine rings is 1. The summed E-state index contributed by atoms with van der Waals surface area (Å²) in [7, 11) is -3.62. The van der Waals surface area contributed by atoms with Gasteiger partial charge in [0.25, 0.3) is 0 Å². The van der Waals surface area contributed by atoms with Gasteiger partial charge in [0, 0.05) is 44.2 Å². The first-order valence-electron chi connectivity index (χ1n) is 10.0. The van der Waals surface area contributed by atoms with Crippen LogP contribution in [0.25, 0.3) is 11.0 Å². The van der Waals surface area contributed by atoms with Gasteiger partial charge in [-0.15, -0.1) is 0 Å². The molecule has 1 fully saturated rings. The van der Waals surface area contributed by atoms with Crippen molar-refractivity contribution in [3.8, 4) is 0 Å². The molecule has 0 bridgehead atoms. The van der Waals surface area contributed by atoms with Crippen LogP contribution in [0.1, 0.15) is 5.82 Å². The Morgan fingerprint density at radius 2 is 1.87 bits per heavy atom. The maximum absolute atomic E-state index is 12.5. The minimum absolute atomic E-state index is 0.163. The zero-order valence-corrected chi connectivity index (χ0v) is 18.2. The van der Waals surface area contributed by atoms with Crippen molar-refractivity contribution < 1.29 is 13.2 Å². The van der Waals surface area contributed by atoms with Crippen LogP contribution in [0.5, 0.6) is 0 Å². The van der Waals surface area contributed by atoms with Crippen LogP contribution in [0.15, 0.2) is 53.4 Å². The number of halogens is 1. The Kier molecular flexibility index (Phi) is 6.70. The summed E-state index contributed by atoms with van der Waals surface area (Å²) in [6.07, 6.45) is 0.498. The van der Waals surface area contributed by atoms with Gasteiger partial charge in [-0.3, -0.25) is 4.90 Å². The van der Waals surface area contributed by atoms with E-state index in [1.165, 1.54) is 12.1 Å². The molecule has 1 aliphatic rings. The van der Waals surface area contributed by atoms with Crippen molar-refractivity contribution in [2.45, 2.75) is 17.9 Å². The first-order chi connectivity index (χ1) is 14.5. The molecule has 1 N–H and O–H groups in total. The predicted octanol–water partition coefficient (Wildman–Crippen LogP) is 2.54. The summed E-state index contributed by atoms with van der Waals surface area (Å²) in [6.45, 7) is 5.37. The number of imidazole rings is 1. The number of para-hydroxylation sites is 2. The van der Waals surface area contributed by atoms with Crippen LogP contribution in [-0.4, -0.2) is 62.3 Å². The number of hydrogen-bond acceptors (Lipinski definition) is 5. The number of nitrogens with one attached hydrogen (secondary N) is 1. The van der Waals surface area contributed by atoms with E-state index in [1.54, 1.807) is 12.1 Å². The van der Waals surface area contributed by atoms with E-state index in [0.29, 0.717) is 11.4 Å². The molecule has 2 aromatic carbocycles. The lowest BCUT2D eigenvalue weighted by atomic mass is 10.3. The van der Waals surface area contributed by atoms with E-state index in [-0.39, 0.29) is 11.4 Å². The van der Waals surface area contributed by atoms with Crippen molar-refractivity contribution in [3.05, 3.63) is 59.4 Å². The molecule has 1 aliphatic heterocycles. The highest BCUT2D eigenvalue weighted by Crippen LogP contribution is 2.18. The van der Waals surface area contributed by atoms with Crippen molar-refractivity contribution in [3.63, 3.8) is 0 Å². The van der Waals surface area contributed by atoms with Gasteiger partial charge in [0.15, 0.2) is 0 Å². The van der Waals surface area contributed by atoms with Gasteiger partial charge in [0.1, 0.15) is 5.82 Å². The average Bonchev–Trinajstić information content (AvgIpc) is 3.10. The molecule has 0 amide bonds. The zero-order valence-electron chi connectivity index (χ0n) is 16.6. The Balaban J connectivity index is 1.46. The summed E-state index contributed by atoms with van der Waals surface area (Å²) >= 11 is 5.93. The normalized spacial score (nSPS) is 15.6. The number of aromatic nitrogens is 2. The van der Waals surface area contributed by atoms with Gasteiger partial charge in [0.2, 0.25) is 10.0 Å². The maximum Gasteiger partial charge on any atom is 0.240 e. The van der Waals surface area contributed by atoms with Gasteiger partial charge in [-0.2, -0.15) is 0 Å². The third-order valence-corrected chi connectivity index (χ3v) is 6.92. The lowest BCUT2D eigenvalue weighted by Gasteiger charge is -2.27. The second kappa shape index (κ2) is 9.45. The standard InChI is InChI=1S/C21H25ClN4O3S/c22-17-4-3-5-18(16-17)30(27,28)23-9-8-21-24-19-6-1-2-7-20(19)26(21)11-10-25-12-14-29-15-13-25/h1-7,16,23H,8-15H2. The Hall–Kier alpha value is -1.97. The fourth-order valence-electron chi connectivity index (χ4n) is 3.65. The molecule has 2 heterocycles. The Labute approximate surface area is 181 Å². The van der Waals surface area contributed by atoms with Crippen molar-refractivity contribution >= 4 is 32.7 Å². The quantitative estimate of drug-likeness (QED) is 0.573. The molecule has 0 atom stereocenters. The van der Waals surface area contributed by atoms with Gasteiger partial charge >= 0.3 is 0 Å². The molecular formula is C21H25ClN4O3S. The minimum atomic E-state index is -3.62. The highest BCUT2D eigenvalue weighted by Gasteiger charge is 2.17. The van der Waals surface area contributed by atoms with Crippen LogP contribution < -0.4 is 4.72 Å². The molecule has 0 saturated carbocycles. The lowest BCUT2D eigenvalue weighted by Crippen LogP contribution is -2.38. The van der Waals surface area contributed by atoms with E-state index < -0.39 is 10.0 Å². The highest BCUT2D eigenvalue weighted by atomic mass is 35.5. The number of sulfonamides is 1. The van der Waals surface area contributed by atoms with E-state index in [4.69, 9.17) is 21.3 Å². The molecule has 0 aliphatic carbocycles. The lowest BCUT2D eigenvalue weighted by molar-refractivity contribution is 0.0364. The van der Waals surface area contributed by atoms with Gasteiger partial charge in [-0.05, 0) is 30.3 Å². The molecule has 30 heavy (non-hydrogen) atoms. The summed E-state index contributed by atoms with van der Waals surface area (Å²) in [4.78, 5) is 7.29. The van der Waals surface area contributed by atoms with Crippen molar-refractivity contribution in [1.29, 1.82) is 0 Å². The first-order valence-corrected chi connectivity index (χ1v) is 11.9. The van der Waals surface area contributed by atoms with E-state index in [0.717, 1.165) is 56.3 Å². The van der Waals surface area contributed by atoms with Crippen molar-refractivity contribution in [1.82, 2.24) is 19.2 Å². The maximum atomic E-state index is 12.5. The molecule has 3 aromatic rings. The van der Waals surface area contributed by atoms with E-state index in [2.05, 4.69) is 20.3 Å². The Bertz CT molecular complexity index is 1110. The van der Waals surface area contributed by atoms with Crippen molar-refractivity contribution in [2.24, 2.45) is 0 Å². The molecule has 0 unspecified atom stereocenters. The number of fused-ring (bicyclic) bond motifs is 1.